The summed E-state index contributed by atoms with van der Waals surface area (Å²) in [5, 5.41) is 7.55. The lowest BCUT2D eigenvalue weighted by Crippen LogP contribution is -2.01. The molecule has 0 aliphatic carbocycles. The van der Waals surface area contributed by atoms with Crippen LogP contribution in [0.25, 0.3) is 104 Å². The first-order valence-corrected chi connectivity index (χ1v) is 20.0. The predicted molar refractivity (Wildman–Crippen MR) is 230 cm³/mol. The summed E-state index contributed by atoms with van der Waals surface area (Å²) < 4.78 is 5.13. The van der Waals surface area contributed by atoms with Gasteiger partial charge in [0.25, 0.3) is 0 Å². The van der Waals surface area contributed by atoms with Crippen LogP contribution in [0, 0.1) is 0 Å². The Morgan fingerprint density at radius 1 is 0.418 bits per heavy atom. The molecule has 0 fully saturated rings. The molecule has 3 aromatic heterocycles. The quantitative estimate of drug-likeness (QED) is 0.180. The molecule has 0 spiro atoms. The molecule has 0 radical (unpaired) electrons. The van der Waals surface area contributed by atoms with Crippen LogP contribution in [-0.2, 0) is 0 Å². The van der Waals surface area contributed by atoms with Crippen molar-refractivity contribution < 1.29 is 0 Å². The average molecular weight is 737 g/mol. The molecule has 12 rings (SSSR count). The highest BCUT2D eigenvalue weighted by atomic mass is 32.2. The molecule has 0 saturated heterocycles. The van der Waals surface area contributed by atoms with Gasteiger partial charge in [0.05, 0.1) is 15.7 Å². The van der Waals surface area contributed by atoms with E-state index in [1.807, 2.05) is 59.5 Å². The third kappa shape index (κ3) is 4.69. The molecular formula is C49H28N4S2. The molecular weight excluding hydrogens is 709 g/mol. The van der Waals surface area contributed by atoms with E-state index < -0.39 is 0 Å². The van der Waals surface area contributed by atoms with Gasteiger partial charge in [0.2, 0.25) is 0 Å². The monoisotopic (exact) mass is 736 g/mol. The van der Waals surface area contributed by atoms with Crippen LogP contribution in [0.3, 0.4) is 0 Å². The number of thiophene rings is 1. The van der Waals surface area contributed by atoms with Crippen LogP contribution in [0.1, 0.15) is 0 Å². The Hall–Kier alpha value is -6.60. The Kier molecular flexibility index (Phi) is 6.70. The third-order valence-electron chi connectivity index (χ3n) is 10.9. The molecule has 0 saturated carbocycles. The Morgan fingerprint density at radius 3 is 1.87 bits per heavy atom. The van der Waals surface area contributed by atoms with Gasteiger partial charge < -0.3 is 4.57 Å². The summed E-state index contributed by atoms with van der Waals surface area (Å²) in [5.74, 6) is 1.99. The minimum atomic E-state index is 0.662. The van der Waals surface area contributed by atoms with Gasteiger partial charge in [-0.3, -0.25) is 0 Å². The third-order valence-corrected chi connectivity index (χ3v) is 13.2. The van der Waals surface area contributed by atoms with Crippen molar-refractivity contribution in [1.29, 1.82) is 0 Å². The van der Waals surface area contributed by atoms with Gasteiger partial charge in [0.15, 0.2) is 17.5 Å². The van der Waals surface area contributed by atoms with Crippen LogP contribution in [0.4, 0.5) is 0 Å². The van der Waals surface area contributed by atoms with Crippen molar-refractivity contribution >= 4 is 75.8 Å². The van der Waals surface area contributed by atoms with Crippen molar-refractivity contribution in [3.05, 3.63) is 170 Å². The summed E-state index contributed by atoms with van der Waals surface area (Å²) >= 11 is 3.73. The van der Waals surface area contributed by atoms with Crippen molar-refractivity contribution in [2.75, 3.05) is 0 Å². The SMILES string of the molecule is c1ccc(-c2nc(-c3ccccc3)nc(-c3ccc4c5c(cccc35)-c3ccc(-n5c6ccccc6c6ccc7c8ccccc8sc7c65)cc3S4)n2)cc1. The first-order valence-electron chi connectivity index (χ1n) is 18.4. The van der Waals surface area contributed by atoms with E-state index in [0.29, 0.717) is 17.5 Å². The Bertz CT molecular complexity index is 3290. The Balaban J connectivity index is 1.04. The van der Waals surface area contributed by atoms with Crippen LogP contribution in [0.5, 0.6) is 0 Å². The molecule has 0 unspecified atom stereocenters. The van der Waals surface area contributed by atoms with Crippen molar-refractivity contribution in [1.82, 2.24) is 19.5 Å². The number of rotatable bonds is 4. The molecule has 0 amide bonds. The van der Waals surface area contributed by atoms with E-state index in [9.17, 15) is 0 Å². The second-order valence-electron chi connectivity index (χ2n) is 13.9. The van der Waals surface area contributed by atoms with Gasteiger partial charge in [-0.25, -0.2) is 15.0 Å². The van der Waals surface area contributed by atoms with E-state index in [0.717, 1.165) is 22.1 Å². The fourth-order valence-electron chi connectivity index (χ4n) is 8.38. The average Bonchev–Trinajstić information content (AvgIpc) is 3.80. The molecule has 55 heavy (non-hydrogen) atoms. The zero-order valence-corrected chi connectivity index (χ0v) is 30.9. The minimum Gasteiger partial charge on any atom is -0.308 e. The Labute approximate surface area is 324 Å². The topological polar surface area (TPSA) is 43.6 Å². The van der Waals surface area contributed by atoms with E-state index in [1.165, 1.54) is 74.0 Å². The minimum absolute atomic E-state index is 0.662. The molecule has 0 bridgehead atoms. The molecule has 1 aliphatic heterocycles. The van der Waals surface area contributed by atoms with E-state index >= 15 is 0 Å². The highest BCUT2D eigenvalue weighted by Crippen LogP contribution is 2.51. The molecule has 8 aromatic carbocycles. The zero-order valence-electron chi connectivity index (χ0n) is 29.3. The van der Waals surface area contributed by atoms with E-state index in [4.69, 9.17) is 15.0 Å². The van der Waals surface area contributed by atoms with E-state index in [2.05, 4.69) is 138 Å². The summed E-state index contributed by atoms with van der Waals surface area (Å²) in [4.78, 5) is 17.6. The Morgan fingerprint density at radius 2 is 1.07 bits per heavy atom. The molecule has 0 N–H and O–H groups in total. The molecule has 11 aromatic rings. The fraction of sp³-hybridized carbons (Fsp3) is 0. The number of hydrogen-bond donors (Lipinski definition) is 0. The molecule has 6 heteroatoms. The van der Waals surface area contributed by atoms with Crippen LogP contribution in [0.2, 0.25) is 0 Å². The van der Waals surface area contributed by atoms with Crippen LogP contribution >= 0.6 is 23.1 Å². The standard InChI is InChI=1S/C49H28N4S2/c1-3-12-29(13-4-1)47-50-48(30-14-5-2-6-15-30)52-49(51-47)39-26-27-42-44-35(18-11-19-36(39)44)34-23-22-31(28-43(34)54-42)53-40-20-9-7-16-32(40)37-24-25-38-33-17-8-10-21-41(33)55-46(38)45(37)53/h1-28H. The van der Waals surface area contributed by atoms with Crippen LogP contribution < -0.4 is 0 Å². The number of para-hydroxylation sites is 1. The van der Waals surface area contributed by atoms with Crippen molar-refractivity contribution in [2.24, 2.45) is 0 Å². The lowest BCUT2D eigenvalue weighted by atomic mass is 9.94. The van der Waals surface area contributed by atoms with Gasteiger partial charge in [-0.2, -0.15) is 0 Å². The van der Waals surface area contributed by atoms with Gasteiger partial charge in [0.1, 0.15) is 0 Å². The number of hydrogen-bond acceptors (Lipinski definition) is 5. The number of nitrogens with zero attached hydrogens (tertiary/aromatic N) is 4. The molecule has 4 nitrogen and oxygen atoms in total. The molecule has 0 atom stereocenters. The second-order valence-corrected chi connectivity index (χ2v) is 16.1. The first kappa shape index (κ1) is 30.8. The maximum absolute atomic E-state index is 5.09. The van der Waals surface area contributed by atoms with Crippen LogP contribution in [-0.4, -0.2) is 19.5 Å². The molecule has 4 heterocycles. The zero-order chi connectivity index (χ0) is 36.0. The number of benzene rings is 8. The summed E-state index contributed by atoms with van der Waals surface area (Å²) in [5.41, 5.74) is 9.04. The van der Waals surface area contributed by atoms with Gasteiger partial charge in [-0.15, -0.1) is 11.3 Å². The maximum Gasteiger partial charge on any atom is 0.164 e. The van der Waals surface area contributed by atoms with Crippen molar-refractivity contribution in [3.8, 4) is 51.0 Å². The smallest absolute Gasteiger partial charge is 0.164 e. The lowest BCUT2D eigenvalue weighted by molar-refractivity contribution is 1.08. The first-order chi connectivity index (χ1) is 27.3. The second kappa shape index (κ2) is 12.0. The molecule has 1 aliphatic rings. The summed E-state index contributed by atoms with van der Waals surface area (Å²) in [6.07, 6.45) is 0. The van der Waals surface area contributed by atoms with Gasteiger partial charge in [-0.1, -0.05) is 145 Å². The normalized spacial score (nSPS) is 12.3. The predicted octanol–water partition coefficient (Wildman–Crippen LogP) is 13.6. The number of aromatic nitrogens is 4. The maximum atomic E-state index is 5.09. The van der Waals surface area contributed by atoms with Crippen molar-refractivity contribution in [2.45, 2.75) is 9.79 Å². The lowest BCUT2D eigenvalue weighted by Gasteiger charge is -2.22. The summed E-state index contributed by atoms with van der Waals surface area (Å²) in [6.45, 7) is 0. The fourth-order valence-corrected chi connectivity index (χ4v) is 10.8. The van der Waals surface area contributed by atoms with Gasteiger partial charge in [0, 0.05) is 63.8 Å². The van der Waals surface area contributed by atoms with Gasteiger partial charge >= 0.3 is 0 Å². The van der Waals surface area contributed by atoms with E-state index in [1.54, 1.807) is 0 Å². The van der Waals surface area contributed by atoms with Crippen LogP contribution in [0.15, 0.2) is 180 Å². The van der Waals surface area contributed by atoms with E-state index in [-0.39, 0.29) is 0 Å². The summed E-state index contributed by atoms with van der Waals surface area (Å²) in [7, 11) is 0. The van der Waals surface area contributed by atoms with Crippen molar-refractivity contribution in [3.63, 3.8) is 0 Å². The highest BCUT2D eigenvalue weighted by molar-refractivity contribution is 7.99. The van der Waals surface area contributed by atoms with Gasteiger partial charge in [-0.05, 0) is 52.9 Å². The summed E-state index contributed by atoms with van der Waals surface area (Å²) in [6, 6.07) is 60.6. The molecule has 256 valence electrons. The number of fused-ring (bicyclic) bond motifs is 9. The highest BCUT2D eigenvalue weighted by Gasteiger charge is 2.24. The largest absolute Gasteiger partial charge is 0.308 e.